The van der Waals surface area contributed by atoms with Gasteiger partial charge in [0.05, 0.1) is 0 Å². The molecular formula is C14H25ClN2S. The lowest BCUT2D eigenvalue weighted by Crippen LogP contribution is -2.36. The number of piperidine rings is 1. The van der Waals surface area contributed by atoms with Crippen molar-refractivity contribution in [3.05, 3.63) is 21.9 Å². The highest BCUT2D eigenvalue weighted by Gasteiger charge is 2.19. The van der Waals surface area contributed by atoms with Crippen LogP contribution in [0.2, 0.25) is 0 Å². The summed E-state index contributed by atoms with van der Waals surface area (Å²) in [7, 11) is 0. The fourth-order valence-electron chi connectivity index (χ4n) is 2.47. The average Bonchev–Trinajstić information content (AvgIpc) is 2.74. The van der Waals surface area contributed by atoms with Crippen molar-refractivity contribution in [2.75, 3.05) is 26.2 Å². The van der Waals surface area contributed by atoms with Crippen LogP contribution in [0.5, 0.6) is 0 Å². The maximum absolute atomic E-state index is 3.47. The molecule has 4 heteroatoms. The first-order chi connectivity index (χ1) is 8.29. The van der Waals surface area contributed by atoms with Crippen LogP contribution in [-0.4, -0.2) is 31.1 Å². The van der Waals surface area contributed by atoms with Gasteiger partial charge in [-0.3, -0.25) is 4.90 Å². The van der Waals surface area contributed by atoms with Gasteiger partial charge in [-0.2, -0.15) is 0 Å². The van der Waals surface area contributed by atoms with Gasteiger partial charge < -0.3 is 5.32 Å². The molecule has 2 nitrogen and oxygen atoms in total. The van der Waals surface area contributed by atoms with E-state index in [0.29, 0.717) is 0 Å². The summed E-state index contributed by atoms with van der Waals surface area (Å²) in [6.45, 7) is 10.4. The fourth-order valence-corrected chi connectivity index (χ4v) is 3.41. The predicted octanol–water partition coefficient (Wildman–Crippen LogP) is 3.30. The minimum atomic E-state index is 0. The molecule has 1 aliphatic rings. The largest absolute Gasteiger partial charge is 0.317 e. The summed E-state index contributed by atoms with van der Waals surface area (Å²) in [5.74, 6) is 0.899. The summed E-state index contributed by atoms with van der Waals surface area (Å²) in [6, 6.07) is 2.23. The van der Waals surface area contributed by atoms with Gasteiger partial charge in [0.15, 0.2) is 0 Å². The summed E-state index contributed by atoms with van der Waals surface area (Å²) in [4.78, 5) is 4.16. The molecule has 1 N–H and O–H groups in total. The molecule has 0 unspecified atom stereocenters. The maximum Gasteiger partial charge on any atom is 0.0330 e. The zero-order chi connectivity index (χ0) is 12.1. The van der Waals surface area contributed by atoms with Crippen LogP contribution in [0, 0.1) is 12.8 Å². The van der Waals surface area contributed by atoms with Crippen LogP contribution in [0.1, 0.15) is 30.2 Å². The van der Waals surface area contributed by atoms with Gasteiger partial charge in [0.1, 0.15) is 0 Å². The summed E-state index contributed by atoms with van der Waals surface area (Å²) in [6.07, 6.45) is 2.72. The molecule has 0 aliphatic carbocycles. The first-order valence-corrected chi connectivity index (χ1v) is 7.63. The lowest BCUT2D eigenvalue weighted by Gasteiger charge is -2.31. The van der Waals surface area contributed by atoms with Crippen molar-refractivity contribution < 1.29 is 0 Å². The van der Waals surface area contributed by atoms with Crippen molar-refractivity contribution in [2.24, 2.45) is 5.92 Å². The number of aryl methyl sites for hydroxylation is 1. The van der Waals surface area contributed by atoms with Crippen molar-refractivity contribution in [1.29, 1.82) is 0 Å². The molecule has 0 spiro atoms. The monoisotopic (exact) mass is 288 g/mol. The van der Waals surface area contributed by atoms with Crippen molar-refractivity contribution in [3.63, 3.8) is 0 Å². The highest BCUT2D eigenvalue weighted by molar-refractivity contribution is 7.10. The van der Waals surface area contributed by atoms with E-state index in [0.717, 1.165) is 19.0 Å². The second-order valence-corrected chi connectivity index (χ2v) is 6.05. The molecule has 104 valence electrons. The quantitative estimate of drug-likeness (QED) is 0.894. The van der Waals surface area contributed by atoms with Crippen molar-refractivity contribution in [2.45, 2.75) is 33.2 Å². The van der Waals surface area contributed by atoms with Gasteiger partial charge in [0.2, 0.25) is 0 Å². The van der Waals surface area contributed by atoms with E-state index in [-0.39, 0.29) is 12.4 Å². The molecular weight excluding hydrogens is 264 g/mol. The Morgan fingerprint density at radius 2 is 2.11 bits per heavy atom. The number of hydrogen-bond donors (Lipinski definition) is 1. The lowest BCUT2D eigenvalue weighted by molar-refractivity contribution is 0.177. The molecule has 1 aliphatic heterocycles. The molecule has 2 heterocycles. The molecule has 0 amide bonds. The van der Waals surface area contributed by atoms with Crippen molar-refractivity contribution >= 4 is 23.7 Å². The fraction of sp³-hybridized carbons (Fsp3) is 0.714. The van der Waals surface area contributed by atoms with E-state index < -0.39 is 0 Å². The standard InChI is InChI=1S/C14H24N2S.ClH/c1-3-15-10-13-4-7-16(8-5-13)11-14-12(2)6-9-17-14;/h6,9,13,15H,3-5,7-8,10-11H2,1-2H3;1H. The molecule has 1 aromatic heterocycles. The normalized spacial score (nSPS) is 17.7. The van der Waals surface area contributed by atoms with E-state index in [9.17, 15) is 0 Å². The van der Waals surface area contributed by atoms with E-state index in [2.05, 4.69) is 35.5 Å². The Kier molecular flexibility index (Phi) is 7.23. The molecule has 2 rings (SSSR count). The van der Waals surface area contributed by atoms with Crippen molar-refractivity contribution in [3.8, 4) is 0 Å². The SMILES string of the molecule is CCNCC1CCN(Cc2sccc2C)CC1.Cl. The number of likely N-dealkylation sites (tertiary alicyclic amines) is 1. The van der Waals surface area contributed by atoms with Crippen molar-refractivity contribution in [1.82, 2.24) is 10.2 Å². The minimum Gasteiger partial charge on any atom is -0.317 e. The molecule has 0 radical (unpaired) electrons. The van der Waals surface area contributed by atoms with E-state index >= 15 is 0 Å². The van der Waals surface area contributed by atoms with Gasteiger partial charge in [-0.1, -0.05) is 6.92 Å². The third-order valence-corrected chi connectivity index (χ3v) is 4.73. The molecule has 0 aromatic carbocycles. The van der Waals surface area contributed by atoms with Gasteiger partial charge in [-0.05, 0) is 68.9 Å². The Morgan fingerprint density at radius 3 is 2.67 bits per heavy atom. The number of thiophene rings is 1. The highest BCUT2D eigenvalue weighted by Crippen LogP contribution is 2.22. The van der Waals surface area contributed by atoms with E-state index in [1.165, 1.54) is 38.0 Å². The number of halogens is 1. The van der Waals surface area contributed by atoms with Crippen LogP contribution in [0.25, 0.3) is 0 Å². The Labute approximate surface area is 121 Å². The molecule has 1 fully saturated rings. The van der Waals surface area contributed by atoms with Gasteiger partial charge in [0, 0.05) is 11.4 Å². The van der Waals surface area contributed by atoms with Gasteiger partial charge in [-0.15, -0.1) is 23.7 Å². The molecule has 0 bridgehead atoms. The topological polar surface area (TPSA) is 15.3 Å². The first kappa shape index (κ1) is 16.0. The minimum absolute atomic E-state index is 0. The Hall–Kier alpha value is -0.0900. The molecule has 0 saturated carbocycles. The second-order valence-electron chi connectivity index (χ2n) is 5.05. The molecule has 1 saturated heterocycles. The molecule has 0 atom stereocenters. The maximum atomic E-state index is 3.47. The Morgan fingerprint density at radius 1 is 1.39 bits per heavy atom. The zero-order valence-corrected chi connectivity index (χ0v) is 13.1. The molecule has 18 heavy (non-hydrogen) atoms. The van der Waals surface area contributed by atoms with E-state index in [4.69, 9.17) is 0 Å². The van der Waals surface area contributed by atoms with E-state index in [1.54, 1.807) is 4.88 Å². The van der Waals surface area contributed by atoms with Crippen LogP contribution < -0.4 is 5.32 Å². The lowest BCUT2D eigenvalue weighted by atomic mass is 9.96. The van der Waals surface area contributed by atoms with Crippen LogP contribution in [0.3, 0.4) is 0 Å². The van der Waals surface area contributed by atoms with E-state index in [1.807, 2.05) is 11.3 Å². The third kappa shape index (κ3) is 4.54. The van der Waals surface area contributed by atoms with Gasteiger partial charge in [-0.25, -0.2) is 0 Å². The second kappa shape index (κ2) is 8.16. The van der Waals surface area contributed by atoms with Crippen LogP contribution >= 0.6 is 23.7 Å². The van der Waals surface area contributed by atoms with Crippen LogP contribution in [-0.2, 0) is 6.54 Å². The Balaban J connectivity index is 0.00000162. The summed E-state index contributed by atoms with van der Waals surface area (Å²) in [5, 5.41) is 5.68. The highest BCUT2D eigenvalue weighted by atomic mass is 35.5. The summed E-state index contributed by atoms with van der Waals surface area (Å²) >= 11 is 1.90. The van der Waals surface area contributed by atoms with Gasteiger partial charge in [0.25, 0.3) is 0 Å². The first-order valence-electron chi connectivity index (χ1n) is 6.75. The predicted molar refractivity (Wildman–Crippen MR) is 82.8 cm³/mol. The average molecular weight is 289 g/mol. The van der Waals surface area contributed by atoms with Gasteiger partial charge >= 0.3 is 0 Å². The van der Waals surface area contributed by atoms with Crippen LogP contribution in [0.4, 0.5) is 0 Å². The summed E-state index contributed by atoms with van der Waals surface area (Å²) in [5.41, 5.74) is 1.46. The number of nitrogens with zero attached hydrogens (tertiary/aromatic N) is 1. The summed E-state index contributed by atoms with van der Waals surface area (Å²) < 4.78 is 0. The number of rotatable bonds is 5. The third-order valence-electron chi connectivity index (χ3n) is 3.73. The Bertz CT molecular complexity index is 332. The zero-order valence-electron chi connectivity index (χ0n) is 11.4. The smallest absolute Gasteiger partial charge is 0.0330 e. The number of nitrogens with one attached hydrogen (secondary N) is 1. The number of hydrogen-bond acceptors (Lipinski definition) is 3. The van der Waals surface area contributed by atoms with Crippen LogP contribution in [0.15, 0.2) is 11.4 Å². The molecule has 1 aromatic rings.